The number of nitrogens with one attached hydrogen (secondary N) is 1. The molecule has 4 rings (SSSR count). The van der Waals surface area contributed by atoms with Crippen LogP contribution in [0.25, 0.3) is 29.0 Å². The van der Waals surface area contributed by atoms with Crippen LogP contribution in [0.4, 0.5) is 35.1 Å². The van der Waals surface area contributed by atoms with Crippen molar-refractivity contribution in [1.29, 1.82) is 0 Å². The summed E-state index contributed by atoms with van der Waals surface area (Å²) in [6.45, 7) is 7.00. The number of alkyl halides is 6. The second-order valence-corrected chi connectivity index (χ2v) is 10.6. The van der Waals surface area contributed by atoms with E-state index in [4.69, 9.17) is 9.47 Å². The van der Waals surface area contributed by atoms with Gasteiger partial charge in [0.2, 0.25) is 0 Å². The van der Waals surface area contributed by atoms with Crippen molar-refractivity contribution in [3.63, 3.8) is 0 Å². The number of carbonyl (C=O) groups is 2. The van der Waals surface area contributed by atoms with E-state index in [1.807, 2.05) is 36.4 Å². The molecular formula is C30H27F8IN6O4. The summed E-state index contributed by atoms with van der Waals surface area (Å²) in [5.41, 5.74) is -2.31. The monoisotopic (exact) mass is 814 g/mol. The molecule has 0 aliphatic carbocycles. The van der Waals surface area contributed by atoms with Crippen molar-refractivity contribution in [3.8, 4) is 22.8 Å². The molecule has 0 aliphatic heterocycles. The van der Waals surface area contributed by atoms with E-state index in [1.54, 1.807) is 17.9 Å². The Labute approximate surface area is 287 Å². The number of halogens is 9. The third-order valence-corrected chi connectivity index (χ3v) is 5.53. The van der Waals surface area contributed by atoms with Gasteiger partial charge in [-0.05, 0) is 68.2 Å². The van der Waals surface area contributed by atoms with E-state index in [2.05, 4.69) is 25.3 Å². The molecule has 0 aliphatic rings. The third kappa shape index (κ3) is 14.5. The lowest BCUT2D eigenvalue weighted by Crippen LogP contribution is -2.08. The molecule has 4 aromatic rings. The molecule has 0 saturated carbocycles. The highest BCUT2D eigenvalue weighted by atomic mass is 127. The van der Waals surface area contributed by atoms with Crippen LogP contribution in [-0.2, 0) is 31.4 Å². The van der Waals surface area contributed by atoms with Gasteiger partial charge < -0.3 is 9.47 Å². The van der Waals surface area contributed by atoms with Gasteiger partial charge in [-0.1, -0.05) is 22.6 Å². The van der Waals surface area contributed by atoms with Gasteiger partial charge in [-0.3, -0.25) is 5.10 Å². The van der Waals surface area contributed by atoms with Crippen molar-refractivity contribution in [3.05, 3.63) is 88.0 Å². The van der Waals surface area contributed by atoms with Crippen molar-refractivity contribution in [2.45, 2.75) is 52.3 Å². The van der Waals surface area contributed by atoms with Crippen LogP contribution in [-0.4, -0.2) is 54.1 Å². The number of carbonyl (C=O) groups excluding carboxylic acids is 2. The first-order valence-electron chi connectivity index (χ1n) is 13.7. The Bertz CT molecular complexity index is 1740. The van der Waals surface area contributed by atoms with E-state index in [1.165, 1.54) is 18.6 Å². The summed E-state index contributed by atoms with van der Waals surface area (Å²) >= 11 is 1.97. The van der Waals surface area contributed by atoms with Crippen molar-refractivity contribution >= 4 is 40.7 Å². The van der Waals surface area contributed by atoms with Gasteiger partial charge in [0.05, 0.1) is 23.3 Å². The summed E-state index contributed by atoms with van der Waals surface area (Å²) in [4.78, 5) is 29.4. The van der Waals surface area contributed by atoms with Crippen LogP contribution < -0.4 is 0 Å². The summed E-state index contributed by atoms with van der Waals surface area (Å²) < 4.78 is 114. The van der Waals surface area contributed by atoms with Crippen LogP contribution in [0, 0.1) is 11.6 Å². The molecule has 0 fully saturated rings. The number of H-pyrrole nitrogens is 1. The fraction of sp³-hybridized carbons (Fsp3) is 0.267. The average Bonchev–Trinajstić information content (AvgIpc) is 3.68. The van der Waals surface area contributed by atoms with Gasteiger partial charge in [-0.2, -0.15) is 31.4 Å². The van der Waals surface area contributed by atoms with E-state index in [0.717, 1.165) is 41.4 Å². The molecule has 49 heavy (non-hydrogen) atoms. The number of esters is 2. The highest BCUT2D eigenvalue weighted by molar-refractivity contribution is 14.1. The minimum absolute atomic E-state index is 0.00447. The smallest absolute Gasteiger partial charge is 0.416 e. The van der Waals surface area contributed by atoms with Crippen molar-refractivity contribution in [2.75, 3.05) is 0 Å². The second-order valence-electron chi connectivity index (χ2n) is 9.91. The number of hydrogen-bond acceptors (Lipinski definition) is 8. The largest absolute Gasteiger partial charge is 0.460 e. The SMILES string of the molecule is CC(C)OC(=O)/C=C\I.CC(C)OC(=O)/C=C\n1cnc(-c2cc(F)cc(C(F)(F)F)c2)n1.Fc1cc(-c2ncn[nH]2)cc(C(F)(F)F)c1. The molecular weight excluding hydrogens is 787 g/mol. The van der Waals surface area contributed by atoms with E-state index < -0.39 is 41.1 Å². The Kier molecular flexibility index (Phi) is 15.0. The molecule has 2 aromatic heterocycles. The van der Waals surface area contributed by atoms with Crippen LogP contribution in [0.1, 0.15) is 38.8 Å². The number of rotatable bonds is 7. The molecule has 264 valence electrons. The Morgan fingerprint density at radius 2 is 1.31 bits per heavy atom. The van der Waals surface area contributed by atoms with Crippen LogP contribution in [0.5, 0.6) is 0 Å². The van der Waals surface area contributed by atoms with Crippen LogP contribution in [0.2, 0.25) is 0 Å². The Morgan fingerprint density at radius 1 is 0.796 bits per heavy atom. The minimum Gasteiger partial charge on any atom is -0.460 e. The molecule has 0 saturated heterocycles. The van der Waals surface area contributed by atoms with E-state index >= 15 is 0 Å². The molecule has 19 heteroatoms. The number of hydrogen-bond donors (Lipinski definition) is 1. The summed E-state index contributed by atoms with van der Waals surface area (Å²) in [6, 6.07) is 4.23. The van der Waals surface area contributed by atoms with E-state index in [9.17, 15) is 44.7 Å². The quantitative estimate of drug-likeness (QED) is 0.0861. The van der Waals surface area contributed by atoms with Crippen molar-refractivity contribution < 1.29 is 54.2 Å². The molecule has 2 heterocycles. The fourth-order valence-corrected chi connectivity index (χ4v) is 3.62. The molecule has 10 nitrogen and oxygen atoms in total. The van der Waals surface area contributed by atoms with Crippen molar-refractivity contribution in [1.82, 2.24) is 29.9 Å². The molecule has 2 aromatic carbocycles. The highest BCUT2D eigenvalue weighted by Crippen LogP contribution is 2.33. The van der Waals surface area contributed by atoms with Gasteiger partial charge in [0.25, 0.3) is 0 Å². The molecule has 0 atom stereocenters. The maximum Gasteiger partial charge on any atom is 0.416 e. The van der Waals surface area contributed by atoms with Gasteiger partial charge >= 0.3 is 24.3 Å². The standard InChI is InChI=1S/C15H13F4N3O2.C9H5F4N3.C6H9IO2/c1-9(2)24-13(23)3-4-22-8-20-14(21-22)10-5-11(15(17,18)19)7-12(16)6-10;10-7-2-5(8-14-4-15-16-8)1-6(3-7)9(11,12)13;1-5(2)9-6(8)3-4-7/h3-9H,1-2H3;1-4H,(H,14,15,16);3-5H,1-2H3/b4-3-;;4-3-. The lowest BCUT2D eigenvalue weighted by atomic mass is 10.1. The first-order chi connectivity index (χ1) is 22.8. The third-order valence-electron chi connectivity index (χ3n) is 5.17. The molecule has 0 bridgehead atoms. The van der Waals surface area contributed by atoms with Gasteiger partial charge in [-0.15, -0.1) is 5.10 Å². The second kappa shape index (κ2) is 18.2. The summed E-state index contributed by atoms with van der Waals surface area (Å²) in [5.74, 6) is -2.92. The lowest BCUT2D eigenvalue weighted by molar-refractivity contribution is -0.142. The molecule has 0 spiro atoms. The number of aromatic nitrogens is 6. The first kappa shape index (κ1) is 40.5. The number of aromatic amines is 1. The Balaban J connectivity index is 0.000000286. The normalized spacial score (nSPS) is 11.7. The topological polar surface area (TPSA) is 125 Å². The molecule has 0 unspecified atom stereocenters. The van der Waals surface area contributed by atoms with E-state index in [-0.39, 0.29) is 41.0 Å². The minimum atomic E-state index is -4.68. The maximum absolute atomic E-state index is 13.4. The zero-order valence-corrected chi connectivity index (χ0v) is 28.0. The van der Waals surface area contributed by atoms with Gasteiger partial charge in [0.15, 0.2) is 11.6 Å². The summed E-state index contributed by atoms with van der Waals surface area (Å²) in [5, 5.41) is 9.72. The van der Waals surface area contributed by atoms with Crippen LogP contribution >= 0.6 is 22.6 Å². The predicted octanol–water partition coefficient (Wildman–Crippen LogP) is 8.04. The zero-order chi connectivity index (χ0) is 36.9. The zero-order valence-electron chi connectivity index (χ0n) is 25.9. The number of ether oxygens (including phenoxy) is 2. The molecule has 1 N–H and O–H groups in total. The lowest BCUT2D eigenvalue weighted by Gasteiger charge is -2.07. The highest BCUT2D eigenvalue weighted by Gasteiger charge is 2.32. The predicted molar refractivity (Wildman–Crippen MR) is 168 cm³/mol. The fourth-order valence-electron chi connectivity index (χ4n) is 3.33. The van der Waals surface area contributed by atoms with Gasteiger partial charge in [0.1, 0.15) is 24.3 Å². The Hall–Kier alpha value is -4.69. The average molecular weight is 814 g/mol. The molecule has 0 amide bonds. The van der Waals surface area contributed by atoms with E-state index in [0.29, 0.717) is 12.1 Å². The molecule has 0 radical (unpaired) electrons. The Morgan fingerprint density at radius 3 is 1.78 bits per heavy atom. The van der Waals surface area contributed by atoms with Crippen LogP contribution in [0.3, 0.4) is 0 Å². The summed E-state index contributed by atoms with van der Waals surface area (Å²) in [6.07, 6.45) is -3.57. The maximum atomic E-state index is 13.4. The van der Waals surface area contributed by atoms with Gasteiger partial charge in [0, 0.05) is 29.5 Å². The number of nitrogens with zero attached hydrogens (tertiary/aromatic N) is 5. The first-order valence-corrected chi connectivity index (χ1v) is 14.9. The van der Waals surface area contributed by atoms with Gasteiger partial charge in [-0.25, -0.2) is 33.0 Å². The van der Waals surface area contributed by atoms with Crippen LogP contribution in [0.15, 0.2) is 65.3 Å². The summed E-state index contributed by atoms with van der Waals surface area (Å²) in [7, 11) is 0. The number of benzene rings is 2. The van der Waals surface area contributed by atoms with Crippen molar-refractivity contribution in [2.24, 2.45) is 0 Å².